The van der Waals surface area contributed by atoms with Crippen LogP contribution in [0.5, 0.6) is 5.88 Å². The van der Waals surface area contributed by atoms with Gasteiger partial charge in [0.05, 0.1) is 36.7 Å². The lowest BCUT2D eigenvalue weighted by Crippen LogP contribution is -2.50. The molecule has 1 aromatic heterocycles. The maximum atomic E-state index is 14.5. The van der Waals surface area contributed by atoms with Crippen molar-refractivity contribution in [1.29, 1.82) is 0 Å². The molecule has 13 heteroatoms. The van der Waals surface area contributed by atoms with E-state index in [1.807, 2.05) is 0 Å². The Hall–Kier alpha value is -1.83. The molecule has 0 bridgehead atoms. The molecular weight excluding hydrogens is 392 g/mol. The van der Waals surface area contributed by atoms with Crippen molar-refractivity contribution >= 4 is 17.3 Å². The van der Waals surface area contributed by atoms with Gasteiger partial charge in [0.2, 0.25) is 11.8 Å². The molecule has 0 aliphatic carbocycles. The van der Waals surface area contributed by atoms with E-state index >= 15 is 0 Å². The van der Waals surface area contributed by atoms with Crippen molar-refractivity contribution in [3.63, 3.8) is 0 Å². The summed E-state index contributed by atoms with van der Waals surface area (Å²) in [6, 6.07) is -0.771. The van der Waals surface area contributed by atoms with Crippen molar-refractivity contribution in [2.75, 3.05) is 32.0 Å². The van der Waals surface area contributed by atoms with Crippen molar-refractivity contribution in [2.24, 2.45) is 0 Å². The Morgan fingerprint density at radius 2 is 2.19 bits per heavy atom. The van der Waals surface area contributed by atoms with Crippen LogP contribution in [0.3, 0.4) is 0 Å². The van der Waals surface area contributed by atoms with Crippen molar-refractivity contribution < 1.29 is 27.2 Å². The maximum absolute atomic E-state index is 14.5. The predicted octanol–water partition coefficient (Wildman–Crippen LogP) is 0.980. The number of hydrazine groups is 1. The lowest BCUT2D eigenvalue weighted by Gasteiger charge is -2.34. The summed E-state index contributed by atoms with van der Waals surface area (Å²) in [5.41, 5.74) is 1.59. The molecule has 3 atom stereocenters. The molecule has 2 aliphatic rings. The second-order valence-electron chi connectivity index (χ2n) is 6.16. The van der Waals surface area contributed by atoms with E-state index in [9.17, 15) is 27.2 Å². The number of aromatic nitrogens is 2. The fourth-order valence-corrected chi connectivity index (χ4v) is 4.10. The van der Waals surface area contributed by atoms with Gasteiger partial charge in [-0.15, -0.1) is 4.31 Å². The second kappa shape index (κ2) is 7.66. The van der Waals surface area contributed by atoms with Crippen LogP contribution in [-0.2, 0) is 17.5 Å². The molecule has 1 fully saturated rings. The first-order chi connectivity index (χ1) is 12.6. The summed E-state index contributed by atoms with van der Waals surface area (Å²) in [5, 5.41) is 13.7. The molecule has 0 saturated carbocycles. The summed E-state index contributed by atoms with van der Waals surface area (Å²) in [4.78, 5) is 7.47. The van der Waals surface area contributed by atoms with E-state index in [0.717, 1.165) is 0 Å². The molecule has 27 heavy (non-hydrogen) atoms. The number of aromatic hydroxyl groups is 1. The third-order valence-corrected chi connectivity index (χ3v) is 5.69. The highest BCUT2D eigenvalue weighted by molar-refractivity contribution is 7.93. The van der Waals surface area contributed by atoms with Crippen LogP contribution in [0.15, 0.2) is 17.3 Å². The van der Waals surface area contributed by atoms with Gasteiger partial charge in [0.25, 0.3) is 0 Å². The quantitative estimate of drug-likeness (QED) is 0.499. The number of halogens is 4. The van der Waals surface area contributed by atoms with E-state index < -0.39 is 41.2 Å². The smallest absolute Gasteiger partial charge is 0.423 e. The Labute approximate surface area is 155 Å². The summed E-state index contributed by atoms with van der Waals surface area (Å²) in [6.07, 6.45) is -3.85. The number of nitrogens with one attached hydrogen (secondary N) is 2. The summed E-state index contributed by atoms with van der Waals surface area (Å²) < 4.78 is 66.3. The minimum atomic E-state index is -4.78. The molecule has 150 valence electrons. The minimum Gasteiger partial charge on any atom is -0.593 e. The average molecular weight is 410 g/mol. The highest BCUT2D eigenvalue weighted by atomic mass is 32.2. The normalized spacial score (nSPS) is 25.4. The van der Waals surface area contributed by atoms with Crippen LogP contribution in [0.1, 0.15) is 12.0 Å². The van der Waals surface area contributed by atoms with Crippen molar-refractivity contribution in [1.82, 2.24) is 24.7 Å². The zero-order valence-corrected chi connectivity index (χ0v) is 15.0. The van der Waals surface area contributed by atoms with Gasteiger partial charge in [-0.05, 0) is 6.42 Å². The van der Waals surface area contributed by atoms with Gasteiger partial charge in [0, 0.05) is 19.8 Å². The first kappa shape index (κ1) is 19.9. The van der Waals surface area contributed by atoms with E-state index in [1.165, 1.54) is 4.31 Å². The van der Waals surface area contributed by atoms with E-state index in [2.05, 4.69) is 20.7 Å². The fourth-order valence-electron chi connectivity index (χ4n) is 2.78. The van der Waals surface area contributed by atoms with Crippen LogP contribution in [-0.4, -0.2) is 67.8 Å². The first-order valence-electron chi connectivity index (χ1n) is 8.03. The molecule has 3 rings (SSSR count). The molecule has 0 spiro atoms. The highest BCUT2D eigenvalue weighted by Gasteiger charge is 2.39. The van der Waals surface area contributed by atoms with Crippen LogP contribution in [0.25, 0.3) is 0 Å². The Bertz CT molecular complexity index is 721. The Kier molecular flexibility index (Phi) is 5.65. The number of hydrogen-bond donors (Lipinski definition) is 3. The Morgan fingerprint density at radius 1 is 1.44 bits per heavy atom. The summed E-state index contributed by atoms with van der Waals surface area (Å²) >= 11 is -1.48. The van der Waals surface area contributed by atoms with Gasteiger partial charge in [-0.3, -0.25) is 0 Å². The molecule has 1 aromatic rings. The fraction of sp³-hybridized carbons (Fsp3) is 0.571. The van der Waals surface area contributed by atoms with Crippen molar-refractivity contribution in [3.8, 4) is 5.88 Å². The van der Waals surface area contributed by atoms with E-state index in [4.69, 9.17) is 0 Å². The molecule has 1 saturated heterocycles. The van der Waals surface area contributed by atoms with Crippen molar-refractivity contribution in [2.45, 2.75) is 24.8 Å². The van der Waals surface area contributed by atoms with Crippen molar-refractivity contribution in [3.05, 3.63) is 22.9 Å². The van der Waals surface area contributed by atoms with E-state index in [-0.39, 0.29) is 18.9 Å². The number of hydrogen-bond acceptors (Lipinski definition) is 8. The number of alkyl halides is 4. The van der Waals surface area contributed by atoms with Gasteiger partial charge < -0.3 is 20.0 Å². The molecule has 2 aliphatic heterocycles. The molecule has 3 unspecified atom stereocenters. The SMILES string of the molecule is CN1C=C([S+]([O-])N2CCC(Nc3ncc(C(F)(F)F)c(O)n3)C(F)C2)CN1. The molecule has 3 N–H and O–H groups in total. The van der Waals surface area contributed by atoms with Gasteiger partial charge in [0.15, 0.2) is 4.91 Å². The average Bonchev–Trinajstić information content (AvgIpc) is 3.01. The zero-order valence-electron chi connectivity index (χ0n) is 14.2. The Balaban J connectivity index is 1.60. The summed E-state index contributed by atoms with van der Waals surface area (Å²) in [6.45, 7) is 0.618. The van der Waals surface area contributed by atoms with Gasteiger partial charge >= 0.3 is 6.18 Å². The van der Waals surface area contributed by atoms with E-state index in [0.29, 0.717) is 24.2 Å². The zero-order chi connectivity index (χ0) is 19.8. The first-order valence-corrected chi connectivity index (χ1v) is 9.13. The van der Waals surface area contributed by atoms with Gasteiger partial charge in [-0.1, -0.05) is 0 Å². The molecule has 3 heterocycles. The number of anilines is 1. The van der Waals surface area contributed by atoms with Crippen LogP contribution in [0.4, 0.5) is 23.5 Å². The van der Waals surface area contributed by atoms with E-state index in [1.54, 1.807) is 18.3 Å². The van der Waals surface area contributed by atoms with Gasteiger partial charge in [-0.25, -0.2) is 14.8 Å². The standard InChI is InChI=1S/C14H18F4N6O2S/c1-23-6-8(4-20-23)27(26)24-3-2-11(10(15)7-24)21-13-19-5-9(12(25)22-13)14(16,17)18/h5-6,10-11,20H,2-4,7H2,1H3,(H2,19,21,22,25). The van der Waals surface area contributed by atoms with Gasteiger partial charge in [-0.2, -0.15) is 18.2 Å². The number of piperidine rings is 1. The summed E-state index contributed by atoms with van der Waals surface area (Å²) in [5.74, 6) is -1.52. The number of nitrogens with zero attached hydrogens (tertiary/aromatic N) is 4. The van der Waals surface area contributed by atoms with Crippen LogP contribution >= 0.6 is 0 Å². The Morgan fingerprint density at radius 3 is 2.74 bits per heavy atom. The maximum Gasteiger partial charge on any atom is 0.423 e. The molecule has 0 radical (unpaired) electrons. The van der Waals surface area contributed by atoms with Gasteiger partial charge in [0.1, 0.15) is 11.7 Å². The molecule has 0 aromatic carbocycles. The van der Waals surface area contributed by atoms with Crippen LogP contribution in [0, 0.1) is 0 Å². The topological polar surface area (TPSA) is 99.6 Å². The lowest BCUT2D eigenvalue weighted by atomic mass is 10.1. The molecule has 0 amide bonds. The molecular formula is C14H18F4N6O2S. The minimum absolute atomic E-state index is 0.113. The summed E-state index contributed by atoms with van der Waals surface area (Å²) in [7, 11) is 1.76. The third-order valence-electron chi connectivity index (χ3n) is 4.19. The van der Waals surface area contributed by atoms with Crippen LogP contribution in [0.2, 0.25) is 0 Å². The largest absolute Gasteiger partial charge is 0.593 e. The monoisotopic (exact) mass is 410 g/mol. The molecule has 8 nitrogen and oxygen atoms in total. The number of rotatable bonds is 4. The third kappa shape index (κ3) is 4.54. The second-order valence-corrected chi connectivity index (χ2v) is 7.70. The highest BCUT2D eigenvalue weighted by Crippen LogP contribution is 2.34. The predicted molar refractivity (Wildman–Crippen MR) is 89.2 cm³/mol. The van der Waals surface area contributed by atoms with Crippen LogP contribution < -0.4 is 10.7 Å². The lowest BCUT2D eigenvalue weighted by molar-refractivity contribution is -0.139.